The van der Waals surface area contributed by atoms with Crippen molar-refractivity contribution in [1.29, 1.82) is 0 Å². The molecule has 0 aliphatic carbocycles. The van der Waals surface area contributed by atoms with Crippen LogP contribution in [0.1, 0.15) is 28.5 Å². The smallest absolute Gasteiger partial charge is 0.311 e. The first-order chi connectivity index (χ1) is 12.6. The second-order valence-corrected chi connectivity index (χ2v) is 8.32. The number of aromatic nitrogens is 1. The van der Waals surface area contributed by atoms with Crippen LogP contribution >= 0.6 is 0 Å². The Morgan fingerprint density at radius 3 is 2.56 bits per heavy atom. The minimum atomic E-state index is -3.67. The molecule has 9 heteroatoms. The standard InChI is InChI=1S/C17H18N2O3.CH4O3S/c1-18-8-7-11-10-5-3-4-6-13(10)19-14(20)9-12(17(21)22-2)15(18)16(11)19;1-5(2,3)4/h3-6,12,15H,7-9H2,1-2H3;1H3,(H,2,3,4). The summed E-state index contributed by atoms with van der Waals surface area (Å²) in [5.74, 6) is -0.729. The van der Waals surface area contributed by atoms with Crippen LogP contribution in [0.4, 0.5) is 0 Å². The van der Waals surface area contributed by atoms with Crippen LogP contribution in [0.5, 0.6) is 0 Å². The molecule has 8 nitrogen and oxygen atoms in total. The molecule has 27 heavy (non-hydrogen) atoms. The second-order valence-electron chi connectivity index (χ2n) is 6.85. The van der Waals surface area contributed by atoms with E-state index in [-0.39, 0.29) is 24.3 Å². The Balaban J connectivity index is 0.000000376. The molecular weight excluding hydrogens is 372 g/mol. The molecule has 3 heterocycles. The lowest BCUT2D eigenvalue weighted by Gasteiger charge is -2.40. The molecule has 2 unspecified atom stereocenters. The first-order valence-electron chi connectivity index (χ1n) is 8.49. The van der Waals surface area contributed by atoms with Crippen molar-refractivity contribution in [2.45, 2.75) is 18.9 Å². The maximum Gasteiger partial charge on any atom is 0.311 e. The van der Waals surface area contributed by atoms with Crippen LogP contribution in [0.15, 0.2) is 24.3 Å². The summed E-state index contributed by atoms with van der Waals surface area (Å²) in [4.78, 5) is 27.0. The van der Waals surface area contributed by atoms with Crippen LogP contribution in [0.25, 0.3) is 10.9 Å². The monoisotopic (exact) mass is 394 g/mol. The topological polar surface area (TPSA) is 106 Å². The van der Waals surface area contributed by atoms with Gasteiger partial charge in [-0.05, 0) is 25.1 Å². The number of methoxy groups -OCH3 is 1. The van der Waals surface area contributed by atoms with E-state index >= 15 is 0 Å². The highest BCUT2D eigenvalue weighted by atomic mass is 32.2. The molecule has 1 aromatic carbocycles. The molecule has 2 atom stereocenters. The molecular formula is C18H22N2O6S. The molecule has 0 fully saturated rings. The highest BCUT2D eigenvalue weighted by Gasteiger charge is 2.45. The molecule has 2 aliphatic rings. The summed E-state index contributed by atoms with van der Waals surface area (Å²) >= 11 is 0. The van der Waals surface area contributed by atoms with Gasteiger partial charge in [0.15, 0.2) is 0 Å². The second kappa shape index (κ2) is 7.06. The van der Waals surface area contributed by atoms with E-state index in [9.17, 15) is 18.0 Å². The van der Waals surface area contributed by atoms with E-state index in [0.717, 1.165) is 29.6 Å². The van der Waals surface area contributed by atoms with Crippen molar-refractivity contribution in [3.8, 4) is 0 Å². The zero-order chi connectivity index (χ0) is 19.9. The van der Waals surface area contributed by atoms with Crippen molar-refractivity contribution in [1.82, 2.24) is 9.47 Å². The minimum Gasteiger partial charge on any atom is -0.469 e. The zero-order valence-electron chi connectivity index (χ0n) is 15.4. The first-order valence-corrected chi connectivity index (χ1v) is 10.3. The van der Waals surface area contributed by atoms with Gasteiger partial charge in [0.05, 0.1) is 30.8 Å². The maximum atomic E-state index is 12.7. The van der Waals surface area contributed by atoms with E-state index in [1.807, 2.05) is 29.8 Å². The molecule has 2 aliphatic heterocycles. The van der Waals surface area contributed by atoms with Crippen LogP contribution in [-0.4, -0.2) is 61.3 Å². The Hall–Kier alpha value is -2.23. The fourth-order valence-corrected chi connectivity index (χ4v) is 4.06. The zero-order valence-corrected chi connectivity index (χ0v) is 16.2. The number of rotatable bonds is 1. The van der Waals surface area contributed by atoms with Gasteiger partial charge in [-0.15, -0.1) is 0 Å². The number of carbonyl (C=O) groups excluding carboxylic acids is 2. The summed E-state index contributed by atoms with van der Waals surface area (Å²) in [6.07, 6.45) is 1.82. The van der Waals surface area contributed by atoms with E-state index < -0.39 is 16.0 Å². The average Bonchev–Trinajstić information content (AvgIpc) is 2.93. The quantitative estimate of drug-likeness (QED) is 0.577. The van der Waals surface area contributed by atoms with Gasteiger partial charge in [0.1, 0.15) is 0 Å². The van der Waals surface area contributed by atoms with Gasteiger partial charge in [-0.2, -0.15) is 8.42 Å². The lowest BCUT2D eigenvalue weighted by Crippen LogP contribution is -2.45. The number of nitrogens with zero attached hydrogens (tertiary/aromatic N) is 2. The summed E-state index contributed by atoms with van der Waals surface area (Å²) in [5, 5.41) is 1.13. The van der Waals surface area contributed by atoms with Gasteiger partial charge in [0.25, 0.3) is 10.1 Å². The van der Waals surface area contributed by atoms with Crippen LogP contribution in [0.3, 0.4) is 0 Å². The number of carbonyl (C=O) groups is 2. The van der Waals surface area contributed by atoms with E-state index in [0.29, 0.717) is 6.26 Å². The van der Waals surface area contributed by atoms with Crippen molar-refractivity contribution < 1.29 is 27.3 Å². The number of ether oxygens (including phenoxy) is 1. The van der Waals surface area contributed by atoms with Crippen LogP contribution in [-0.2, 0) is 26.1 Å². The summed E-state index contributed by atoms with van der Waals surface area (Å²) in [7, 11) is -0.262. The molecule has 0 saturated carbocycles. The molecule has 1 N–H and O–H groups in total. The SMILES string of the molecule is COC(=O)C1CC(=O)n2c3c(c4ccccc42)CCN(C)C31.CS(=O)(=O)O. The van der Waals surface area contributed by atoms with Crippen LogP contribution < -0.4 is 0 Å². The third-order valence-electron chi connectivity index (χ3n) is 5.02. The molecule has 0 radical (unpaired) electrons. The van der Waals surface area contributed by atoms with Gasteiger partial charge in [-0.3, -0.25) is 23.6 Å². The molecule has 4 rings (SSSR count). The predicted molar refractivity (Wildman–Crippen MR) is 99.2 cm³/mol. The average molecular weight is 394 g/mol. The third kappa shape index (κ3) is 3.62. The summed E-state index contributed by atoms with van der Waals surface area (Å²) in [5.41, 5.74) is 3.16. The number of likely N-dealkylation sites (N-methyl/N-ethyl adjacent to an activating group) is 1. The van der Waals surface area contributed by atoms with Gasteiger partial charge in [0.2, 0.25) is 5.91 Å². The molecule has 2 aromatic rings. The number of esters is 1. The Morgan fingerprint density at radius 2 is 1.93 bits per heavy atom. The fourth-order valence-electron chi connectivity index (χ4n) is 4.06. The number of para-hydroxylation sites is 1. The number of hydrogen-bond donors (Lipinski definition) is 1. The normalized spacial score (nSPS) is 22.0. The largest absolute Gasteiger partial charge is 0.469 e. The Bertz CT molecular complexity index is 1000. The van der Waals surface area contributed by atoms with E-state index in [1.54, 1.807) is 0 Å². The lowest BCUT2D eigenvalue weighted by molar-refractivity contribution is -0.148. The van der Waals surface area contributed by atoms with Gasteiger partial charge < -0.3 is 4.74 Å². The summed E-state index contributed by atoms with van der Waals surface area (Å²) in [6.45, 7) is 0.882. The van der Waals surface area contributed by atoms with Gasteiger partial charge in [0, 0.05) is 24.0 Å². The molecule has 0 bridgehead atoms. The van der Waals surface area contributed by atoms with Gasteiger partial charge in [-0.1, -0.05) is 18.2 Å². The minimum absolute atomic E-state index is 0.0144. The Kier molecular flexibility index (Phi) is 5.11. The summed E-state index contributed by atoms with van der Waals surface area (Å²) < 4.78 is 32.6. The van der Waals surface area contributed by atoms with Gasteiger partial charge >= 0.3 is 5.97 Å². The Labute approximate surface area is 157 Å². The van der Waals surface area contributed by atoms with Crippen molar-refractivity contribution >= 4 is 32.9 Å². The Morgan fingerprint density at radius 1 is 1.30 bits per heavy atom. The summed E-state index contributed by atoms with van der Waals surface area (Å²) in [6, 6.07) is 7.93. The lowest BCUT2D eigenvalue weighted by atomic mass is 9.84. The fraction of sp³-hybridized carbons (Fsp3) is 0.444. The predicted octanol–water partition coefficient (Wildman–Crippen LogP) is 1.51. The van der Waals surface area contributed by atoms with Crippen molar-refractivity contribution in [3.05, 3.63) is 35.5 Å². The first kappa shape index (κ1) is 19.5. The molecule has 0 amide bonds. The molecule has 0 spiro atoms. The van der Waals surface area contributed by atoms with Crippen molar-refractivity contribution in [2.75, 3.05) is 27.0 Å². The maximum absolute atomic E-state index is 12.7. The van der Waals surface area contributed by atoms with E-state index in [2.05, 4.69) is 11.0 Å². The highest BCUT2D eigenvalue weighted by Crippen LogP contribution is 2.44. The number of fused-ring (bicyclic) bond motifs is 3. The number of hydrogen-bond acceptors (Lipinski definition) is 6. The van der Waals surface area contributed by atoms with Crippen molar-refractivity contribution in [3.63, 3.8) is 0 Å². The molecule has 1 aromatic heterocycles. The van der Waals surface area contributed by atoms with Gasteiger partial charge in [-0.25, -0.2) is 0 Å². The molecule has 146 valence electrons. The number of benzene rings is 1. The van der Waals surface area contributed by atoms with Crippen LogP contribution in [0.2, 0.25) is 0 Å². The van der Waals surface area contributed by atoms with Crippen LogP contribution in [0, 0.1) is 5.92 Å². The molecule has 0 saturated heterocycles. The van der Waals surface area contributed by atoms with E-state index in [4.69, 9.17) is 9.29 Å². The van der Waals surface area contributed by atoms with Crippen molar-refractivity contribution in [2.24, 2.45) is 5.92 Å². The third-order valence-corrected chi connectivity index (χ3v) is 5.02. The van der Waals surface area contributed by atoms with E-state index in [1.165, 1.54) is 12.7 Å². The highest BCUT2D eigenvalue weighted by molar-refractivity contribution is 7.85.